The highest BCUT2D eigenvalue weighted by Crippen LogP contribution is 2.24. The summed E-state index contributed by atoms with van der Waals surface area (Å²) in [7, 11) is 0. The molecule has 0 bridgehead atoms. The quantitative estimate of drug-likeness (QED) is 0.653. The summed E-state index contributed by atoms with van der Waals surface area (Å²) in [6.07, 6.45) is 1.42. The van der Waals surface area contributed by atoms with Crippen LogP contribution in [0.5, 0.6) is 5.75 Å². The molecule has 6 nitrogen and oxygen atoms in total. The summed E-state index contributed by atoms with van der Waals surface area (Å²) in [5, 5.41) is 2.86. The minimum atomic E-state index is -0.284. The van der Waals surface area contributed by atoms with Gasteiger partial charge in [-0.15, -0.1) is 0 Å². The molecule has 0 unspecified atom stereocenters. The number of amides is 1. The molecule has 6 heteroatoms. The van der Waals surface area contributed by atoms with E-state index in [1.54, 1.807) is 18.2 Å². The van der Waals surface area contributed by atoms with Gasteiger partial charge in [0, 0.05) is 24.0 Å². The fraction of sp³-hybridized carbons (Fsp3) is 0.227. The number of ether oxygens (including phenoxy) is 1. The molecule has 3 rings (SSSR count). The van der Waals surface area contributed by atoms with Crippen LogP contribution in [0.3, 0.4) is 0 Å². The van der Waals surface area contributed by atoms with E-state index in [4.69, 9.17) is 4.74 Å². The van der Waals surface area contributed by atoms with Gasteiger partial charge in [-0.2, -0.15) is 0 Å². The number of nitrogens with zero attached hydrogens (tertiary/aromatic N) is 3. The molecule has 0 aliphatic carbocycles. The van der Waals surface area contributed by atoms with Gasteiger partial charge in [-0.3, -0.25) is 4.79 Å². The van der Waals surface area contributed by atoms with Crippen LogP contribution >= 0.6 is 0 Å². The summed E-state index contributed by atoms with van der Waals surface area (Å²) in [6, 6.07) is 17.1. The number of carbonyl (C=O) groups excluding carboxylic acids is 1. The minimum Gasteiger partial charge on any atom is -0.494 e. The lowest BCUT2D eigenvalue weighted by Gasteiger charge is -2.22. The lowest BCUT2D eigenvalue weighted by Crippen LogP contribution is -2.20. The van der Waals surface area contributed by atoms with Gasteiger partial charge < -0.3 is 15.0 Å². The summed E-state index contributed by atoms with van der Waals surface area (Å²) in [5.74, 6) is 1.16. The fourth-order valence-corrected chi connectivity index (χ4v) is 2.89. The van der Waals surface area contributed by atoms with Gasteiger partial charge in [-0.1, -0.05) is 12.1 Å². The normalized spacial score (nSPS) is 10.4. The molecule has 0 fully saturated rings. The number of aromatic nitrogens is 2. The summed E-state index contributed by atoms with van der Waals surface area (Å²) in [6.45, 7) is 7.35. The van der Waals surface area contributed by atoms with E-state index in [-0.39, 0.29) is 5.91 Å². The number of hydrogen-bond acceptors (Lipinski definition) is 5. The van der Waals surface area contributed by atoms with Crippen molar-refractivity contribution in [3.63, 3.8) is 0 Å². The Hall–Kier alpha value is -3.41. The highest BCUT2D eigenvalue weighted by molar-refractivity contribution is 6.03. The van der Waals surface area contributed by atoms with Gasteiger partial charge in [-0.05, 0) is 62.7 Å². The number of benzene rings is 2. The third-order valence-corrected chi connectivity index (χ3v) is 4.21. The Kier molecular flexibility index (Phi) is 6.22. The molecular weight excluding hydrogens is 352 g/mol. The van der Waals surface area contributed by atoms with Crippen LogP contribution in [0.1, 0.15) is 29.9 Å². The van der Waals surface area contributed by atoms with E-state index < -0.39 is 0 Å². The molecule has 1 N–H and O–H groups in total. The first kappa shape index (κ1) is 19.4. The third-order valence-electron chi connectivity index (χ3n) is 4.21. The Morgan fingerprint density at radius 2 is 1.86 bits per heavy atom. The van der Waals surface area contributed by atoms with E-state index in [0.717, 1.165) is 18.0 Å². The van der Waals surface area contributed by atoms with Crippen molar-refractivity contribution in [2.75, 3.05) is 23.4 Å². The van der Waals surface area contributed by atoms with Gasteiger partial charge in [0.15, 0.2) is 0 Å². The van der Waals surface area contributed by atoms with Gasteiger partial charge in [0.05, 0.1) is 6.61 Å². The summed E-state index contributed by atoms with van der Waals surface area (Å²) in [5.41, 5.74) is 3.18. The summed E-state index contributed by atoms with van der Waals surface area (Å²) >= 11 is 0. The van der Waals surface area contributed by atoms with Crippen LogP contribution < -0.4 is 15.0 Å². The lowest BCUT2D eigenvalue weighted by molar-refractivity contribution is 0.102. The molecule has 0 atom stereocenters. The number of carbonyl (C=O) groups is 1. The second-order valence-corrected chi connectivity index (χ2v) is 6.26. The number of nitrogens with one attached hydrogen (secondary N) is 1. The maximum atomic E-state index is 12.6. The Morgan fingerprint density at radius 1 is 1.07 bits per heavy atom. The Labute approximate surface area is 165 Å². The third kappa shape index (κ3) is 4.65. The number of anilines is 3. The molecule has 0 aliphatic rings. The summed E-state index contributed by atoms with van der Waals surface area (Å²) in [4.78, 5) is 23.2. The molecule has 1 heterocycles. The molecular formula is C22H24N4O2. The zero-order chi connectivity index (χ0) is 19.9. The molecule has 28 heavy (non-hydrogen) atoms. The number of rotatable bonds is 7. The van der Waals surface area contributed by atoms with Gasteiger partial charge in [0.2, 0.25) is 0 Å². The van der Waals surface area contributed by atoms with Crippen molar-refractivity contribution in [3.8, 4) is 5.75 Å². The van der Waals surface area contributed by atoms with Gasteiger partial charge in [-0.25, -0.2) is 9.97 Å². The fourth-order valence-electron chi connectivity index (χ4n) is 2.89. The number of aryl methyl sites for hydroxylation is 1. The second-order valence-electron chi connectivity index (χ2n) is 6.26. The van der Waals surface area contributed by atoms with Crippen LogP contribution in [0.2, 0.25) is 0 Å². The van der Waals surface area contributed by atoms with Gasteiger partial charge >= 0.3 is 0 Å². The van der Waals surface area contributed by atoms with E-state index in [2.05, 4.69) is 21.4 Å². The van der Waals surface area contributed by atoms with Crippen molar-refractivity contribution >= 4 is 23.1 Å². The van der Waals surface area contributed by atoms with Crippen LogP contribution in [-0.4, -0.2) is 29.0 Å². The van der Waals surface area contributed by atoms with Crippen molar-refractivity contribution in [1.82, 2.24) is 9.97 Å². The first-order chi connectivity index (χ1) is 13.6. The first-order valence-electron chi connectivity index (χ1n) is 9.31. The Morgan fingerprint density at radius 3 is 2.54 bits per heavy atom. The van der Waals surface area contributed by atoms with Crippen LogP contribution in [0.15, 0.2) is 60.9 Å². The molecule has 1 aromatic heterocycles. The topological polar surface area (TPSA) is 67.3 Å². The van der Waals surface area contributed by atoms with E-state index >= 15 is 0 Å². The van der Waals surface area contributed by atoms with Crippen LogP contribution in [-0.2, 0) is 0 Å². The number of hydrogen-bond donors (Lipinski definition) is 1. The van der Waals surface area contributed by atoms with Crippen molar-refractivity contribution < 1.29 is 9.53 Å². The van der Waals surface area contributed by atoms with E-state index in [0.29, 0.717) is 23.8 Å². The molecule has 0 saturated carbocycles. The molecule has 144 valence electrons. The van der Waals surface area contributed by atoms with Crippen molar-refractivity contribution in [2.24, 2.45) is 0 Å². The molecule has 1 amide bonds. The maximum absolute atomic E-state index is 12.6. The van der Waals surface area contributed by atoms with Crippen molar-refractivity contribution in [2.45, 2.75) is 20.8 Å². The maximum Gasteiger partial charge on any atom is 0.274 e. The lowest BCUT2D eigenvalue weighted by atomic mass is 10.2. The second kappa shape index (κ2) is 8.99. The molecule has 0 radical (unpaired) electrons. The standard InChI is InChI=1S/C22H24N4O2/c1-4-26(18-8-6-7-16(3)13-18)21-14-20(23-15-24-21)22(27)25-17-9-11-19(12-10-17)28-5-2/h6-15H,4-5H2,1-3H3,(H,25,27). The van der Waals surface area contributed by atoms with Crippen molar-refractivity contribution in [3.05, 3.63) is 72.2 Å². The van der Waals surface area contributed by atoms with Crippen LogP contribution in [0, 0.1) is 6.92 Å². The zero-order valence-electron chi connectivity index (χ0n) is 16.3. The highest BCUT2D eigenvalue weighted by Gasteiger charge is 2.14. The molecule has 0 aliphatic heterocycles. The Bertz CT molecular complexity index is 941. The van der Waals surface area contributed by atoms with Gasteiger partial charge in [0.1, 0.15) is 23.6 Å². The highest BCUT2D eigenvalue weighted by atomic mass is 16.5. The van der Waals surface area contributed by atoms with Crippen LogP contribution in [0.25, 0.3) is 0 Å². The van der Waals surface area contributed by atoms with Gasteiger partial charge in [0.25, 0.3) is 5.91 Å². The smallest absolute Gasteiger partial charge is 0.274 e. The summed E-state index contributed by atoms with van der Waals surface area (Å²) < 4.78 is 5.42. The van der Waals surface area contributed by atoms with E-state index in [1.807, 2.05) is 56.0 Å². The molecule has 2 aromatic carbocycles. The predicted octanol–water partition coefficient (Wildman–Crippen LogP) is 4.59. The minimum absolute atomic E-state index is 0.284. The van der Waals surface area contributed by atoms with E-state index in [1.165, 1.54) is 11.9 Å². The van der Waals surface area contributed by atoms with Crippen molar-refractivity contribution in [1.29, 1.82) is 0 Å². The first-order valence-corrected chi connectivity index (χ1v) is 9.31. The zero-order valence-corrected chi connectivity index (χ0v) is 16.3. The molecule has 0 spiro atoms. The SMILES string of the molecule is CCOc1ccc(NC(=O)c2cc(N(CC)c3cccc(C)c3)ncn2)cc1. The molecule has 3 aromatic rings. The average molecular weight is 376 g/mol. The monoisotopic (exact) mass is 376 g/mol. The van der Waals surface area contributed by atoms with Crippen LogP contribution in [0.4, 0.5) is 17.2 Å². The predicted molar refractivity (Wildman–Crippen MR) is 111 cm³/mol. The Balaban J connectivity index is 1.78. The average Bonchev–Trinajstić information content (AvgIpc) is 2.71. The van der Waals surface area contributed by atoms with E-state index in [9.17, 15) is 4.79 Å². The largest absolute Gasteiger partial charge is 0.494 e. The molecule has 0 saturated heterocycles.